The van der Waals surface area contributed by atoms with E-state index in [1.807, 2.05) is 29.2 Å². The van der Waals surface area contributed by atoms with Gasteiger partial charge in [0.1, 0.15) is 11.6 Å². The van der Waals surface area contributed by atoms with Crippen molar-refractivity contribution < 1.29 is 18.7 Å². The number of halogens is 1. The number of amides is 3. The summed E-state index contributed by atoms with van der Waals surface area (Å²) in [7, 11) is 1.59. The molecule has 0 bridgehead atoms. The normalized spacial score (nSPS) is 13.7. The SMILES string of the molecule is CCc1ccc(NC(=O)N2CCN(CCN(Cc3ccc(F)cc3)C(=O)c3ccc(OC)cc3)CC2)cc1. The Kier molecular flexibility index (Phi) is 9.32. The van der Waals surface area contributed by atoms with Crippen molar-refractivity contribution in [1.29, 1.82) is 0 Å². The highest BCUT2D eigenvalue weighted by Crippen LogP contribution is 2.16. The minimum atomic E-state index is -0.304. The summed E-state index contributed by atoms with van der Waals surface area (Å²) in [5.41, 5.74) is 3.46. The van der Waals surface area contributed by atoms with Crippen LogP contribution in [-0.2, 0) is 13.0 Å². The van der Waals surface area contributed by atoms with Gasteiger partial charge in [-0.2, -0.15) is 0 Å². The van der Waals surface area contributed by atoms with Gasteiger partial charge in [0.2, 0.25) is 0 Å². The fourth-order valence-corrected chi connectivity index (χ4v) is 4.44. The number of carbonyl (C=O) groups excluding carboxylic acids is 2. The lowest BCUT2D eigenvalue weighted by Crippen LogP contribution is -2.51. The van der Waals surface area contributed by atoms with E-state index in [2.05, 4.69) is 17.1 Å². The fourth-order valence-electron chi connectivity index (χ4n) is 4.44. The first-order chi connectivity index (χ1) is 18.4. The minimum Gasteiger partial charge on any atom is -0.497 e. The van der Waals surface area contributed by atoms with Crippen molar-refractivity contribution in [2.24, 2.45) is 0 Å². The largest absolute Gasteiger partial charge is 0.497 e. The first-order valence-electron chi connectivity index (χ1n) is 13.0. The molecule has 1 aliphatic heterocycles. The molecule has 38 heavy (non-hydrogen) atoms. The van der Waals surface area contributed by atoms with Gasteiger partial charge in [-0.3, -0.25) is 9.69 Å². The quantitative estimate of drug-likeness (QED) is 0.438. The van der Waals surface area contributed by atoms with Crippen molar-refractivity contribution in [2.45, 2.75) is 19.9 Å². The second-order valence-electron chi connectivity index (χ2n) is 9.39. The number of nitrogens with one attached hydrogen (secondary N) is 1. The zero-order chi connectivity index (χ0) is 26.9. The smallest absolute Gasteiger partial charge is 0.321 e. The Labute approximate surface area is 223 Å². The summed E-state index contributed by atoms with van der Waals surface area (Å²) in [6.45, 7) is 6.35. The Balaban J connectivity index is 1.33. The fraction of sp³-hybridized carbons (Fsp3) is 0.333. The predicted molar refractivity (Wildman–Crippen MR) is 147 cm³/mol. The molecule has 0 spiro atoms. The van der Waals surface area contributed by atoms with E-state index < -0.39 is 0 Å². The first kappa shape index (κ1) is 27.1. The number of anilines is 1. The second-order valence-corrected chi connectivity index (χ2v) is 9.39. The molecule has 7 nitrogen and oxygen atoms in total. The number of hydrogen-bond donors (Lipinski definition) is 1. The average Bonchev–Trinajstić information content (AvgIpc) is 2.96. The number of nitrogens with zero attached hydrogens (tertiary/aromatic N) is 3. The summed E-state index contributed by atoms with van der Waals surface area (Å²) in [6.07, 6.45) is 0.962. The molecule has 3 aromatic carbocycles. The van der Waals surface area contributed by atoms with Crippen LogP contribution in [0.1, 0.15) is 28.4 Å². The molecule has 3 amide bonds. The molecule has 1 fully saturated rings. The molecule has 0 radical (unpaired) electrons. The Bertz CT molecular complexity index is 1190. The number of benzene rings is 3. The van der Waals surface area contributed by atoms with E-state index in [0.717, 1.165) is 30.8 Å². The monoisotopic (exact) mass is 518 g/mol. The van der Waals surface area contributed by atoms with Crippen LogP contribution in [0.5, 0.6) is 5.75 Å². The maximum absolute atomic E-state index is 13.4. The van der Waals surface area contributed by atoms with E-state index in [1.165, 1.54) is 17.7 Å². The van der Waals surface area contributed by atoms with Gasteiger partial charge in [0.05, 0.1) is 7.11 Å². The topological polar surface area (TPSA) is 65.1 Å². The van der Waals surface area contributed by atoms with E-state index in [-0.39, 0.29) is 17.8 Å². The van der Waals surface area contributed by atoms with Crippen LogP contribution in [0.4, 0.5) is 14.9 Å². The van der Waals surface area contributed by atoms with Crippen LogP contribution in [0.3, 0.4) is 0 Å². The number of rotatable bonds is 9. The Hall–Kier alpha value is -3.91. The number of methoxy groups -OCH3 is 1. The van der Waals surface area contributed by atoms with Gasteiger partial charge in [-0.25, -0.2) is 9.18 Å². The van der Waals surface area contributed by atoms with Gasteiger partial charge < -0.3 is 19.9 Å². The highest BCUT2D eigenvalue weighted by Gasteiger charge is 2.23. The highest BCUT2D eigenvalue weighted by molar-refractivity contribution is 5.94. The number of hydrogen-bond acceptors (Lipinski definition) is 4. The van der Waals surface area contributed by atoms with E-state index in [9.17, 15) is 14.0 Å². The van der Waals surface area contributed by atoms with Gasteiger partial charge >= 0.3 is 6.03 Å². The molecular formula is C30H35FN4O3. The van der Waals surface area contributed by atoms with Crippen molar-refractivity contribution in [3.05, 3.63) is 95.3 Å². The van der Waals surface area contributed by atoms with Crippen LogP contribution in [0, 0.1) is 5.82 Å². The molecular weight excluding hydrogens is 483 g/mol. The lowest BCUT2D eigenvalue weighted by Gasteiger charge is -2.36. The maximum Gasteiger partial charge on any atom is 0.321 e. The second kappa shape index (κ2) is 13.1. The molecule has 0 saturated carbocycles. The highest BCUT2D eigenvalue weighted by atomic mass is 19.1. The third-order valence-corrected chi connectivity index (χ3v) is 6.87. The molecule has 0 aliphatic carbocycles. The number of carbonyl (C=O) groups is 2. The molecule has 8 heteroatoms. The van der Waals surface area contributed by atoms with Crippen LogP contribution in [0.25, 0.3) is 0 Å². The van der Waals surface area contributed by atoms with E-state index in [4.69, 9.17) is 4.74 Å². The molecule has 1 N–H and O–H groups in total. The van der Waals surface area contributed by atoms with Gasteiger partial charge in [0.15, 0.2) is 0 Å². The van der Waals surface area contributed by atoms with Crippen molar-refractivity contribution in [3.63, 3.8) is 0 Å². The summed E-state index contributed by atoms with van der Waals surface area (Å²) in [4.78, 5) is 32.0. The molecule has 4 rings (SSSR count). The number of piperazine rings is 1. The van der Waals surface area contributed by atoms with Crippen LogP contribution < -0.4 is 10.1 Å². The van der Waals surface area contributed by atoms with Crippen LogP contribution in [-0.4, -0.2) is 73.0 Å². The average molecular weight is 519 g/mol. The molecule has 1 heterocycles. The summed E-state index contributed by atoms with van der Waals surface area (Å²) < 4.78 is 18.6. The molecule has 0 atom stereocenters. The lowest BCUT2D eigenvalue weighted by molar-refractivity contribution is 0.0704. The summed E-state index contributed by atoms with van der Waals surface area (Å²) in [6, 6.07) is 21.1. The van der Waals surface area contributed by atoms with E-state index in [0.29, 0.717) is 44.0 Å². The van der Waals surface area contributed by atoms with Gasteiger partial charge in [0, 0.05) is 57.1 Å². The molecule has 200 valence electrons. The molecule has 1 aliphatic rings. The molecule has 0 unspecified atom stereocenters. The zero-order valence-electron chi connectivity index (χ0n) is 22.0. The Morgan fingerprint density at radius 1 is 0.895 bits per heavy atom. The lowest BCUT2D eigenvalue weighted by atomic mass is 10.1. The number of aryl methyl sites for hydroxylation is 1. The summed E-state index contributed by atoms with van der Waals surface area (Å²) >= 11 is 0. The molecule has 3 aromatic rings. The number of urea groups is 1. The van der Waals surface area contributed by atoms with Crippen LogP contribution in [0.2, 0.25) is 0 Å². The van der Waals surface area contributed by atoms with Gasteiger partial charge in [-0.15, -0.1) is 0 Å². The van der Waals surface area contributed by atoms with Crippen molar-refractivity contribution in [2.75, 3.05) is 51.7 Å². The van der Waals surface area contributed by atoms with Crippen molar-refractivity contribution in [3.8, 4) is 5.75 Å². The third kappa shape index (κ3) is 7.32. The third-order valence-electron chi connectivity index (χ3n) is 6.87. The molecule has 1 saturated heterocycles. The maximum atomic E-state index is 13.4. The van der Waals surface area contributed by atoms with E-state index >= 15 is 0 Å². The van der Waals surface area contributed by atoms with E-state index in [1.54, 1.807) is 48.4 Å². The van der Waals surface area contributed by atoms with Gasteiger partial charge in [-0.1, -0.05) is 31.2 Å². The first-order valence-corrected chi connectivity index (χ1v) is 13.0. The minimum absolute atomic E-state index is 0.0934. The van der Waals surface area contributed by atoms with Crippen LogP contribution in [0.15, 0.2) is 72.8 Å². The Morgan fingerprint density at radius 2 is 1.53 bits per heavy atom. The van der Waals surface area contributed by atoms with Gasteiger partial charge in [0.25, 0.3) is 5.91 Å². The summed E-state index contributed by atoms with van der Waals surface area (Å²) in [5, 5.41) is 2.98. The van der Waals surface area contributed by atoms with Crippen molar-refractivity contribution in [1.82, 2.24) is 14.7 Å². The Morgan fingerprint density at radius 3 is 2.13 bits per heavy atom. The predicted octanol–water partition coefficient (Wildman–Crippen LogP) is 4.89. The molecule has 0 aromatic heterocycles. The number of ether oxygens (including phenoxy) is 1. The van der Waals surface area contributed by atoms with Crippen LogP contribution >= 0.6 is 0 Å². The van der Waals surface area contributed by atoms with Crippen molar-refractivity contribution >= 4 is 17.6 Å². The summed E-state index contributed by atoms with van der Waals surface area (Å²) in [5.74, 6) is 0.289. The standard InChI is InChI=1S/C30H35FN4O3/c1-3-23-6-12-27(13-7-23)32-30(37)34-19-16-33(17-20-34)18-21-35(22-24-4-10-26(31)11-5-24)29(36)25-8-14-28(38-2)15-9-25/h4-15H,3,16-22H2,1-2H3,(H,32,37). The van der Waals surface area contributed by atoms with Gasteiger partial charge in [-0.05, 0) is 66.1 Å². The zero-order valence-corrected chi connectivity index (χ0v) is 22.0.